The van der Waals surface area contributed by atoms with Crippen LogP contribution in [0.3, 0.4) is 0 Å². The summed E-state index contributed by atoms with van der Waals surface area (Å²) in [5.74, 6) is -0.278. The van der Waals surface area contributed by atoms with Crippen LogP contribution in [-0.2, 0) is 20.7 Å². The van der Waals surface area contributed by atoms with Gasteiger partial charge < -0.3 is 14.8 Å². The fourth-order valence-electron chi connectivity index (χ4n) is 2.31. The van der Waals surface area contributed by atoms with Gasteiger partial charge in [-0.25, -0.2) is 0 Å². The van der Waals surface area contributed by atoms with Gasteiger partial charge in [0.2, 0.25) is 0 Å². The summed E-state index contributed by atoms with van der Waals surface area (Å²) in [5, 5.41) is 3.24. The van der Waals surface area contributed by atoms with Crippen LogP contribution in [0.4, 0.5) is 5.69 Å². The number of methoxy groups -OCH3 is 1. The Morgan fingerprint density at radius 2 is 1.85 bits per heavy atom. The van der Waals surface area contributed by atoms with Gasteiger partial charge in [-0.15, -0.1) is 0 Å². The van der Waals surface area contributed by atoms with E-state index in [-0.39, 0.29) is 6.42 Å². The summed E-state index contributed by atoms with van der Waals surface area (Å²) in [4.78, 5) is 23.8. The number of aryl methyl sites for hydroxylation is 2. The summed E-state index contributed by atoms with van der Waals surface area (Å²) >= 11 is 12.2. The van der Waals surface area contributed by atoms with Gasteiger partial charge in [0, 0.05) is 6.42 Å². The normalized spacial score (nSPS) is 10.3. The maximum absolute atomic E-state index is 12.0. The van der Waals surface area contributed by atoms with Crippen molar-refractivity contribution in [3.63, 3.8) is 0 Å². The van der Waals surface area contributed by atoms with Crippen LogP contribution in [0, 0.1) is 6.92 Å². The minimum absolute atomic E-state index is 0.139. The number of carbonyl (C=O) groups is 2. The highest BCUT2D eigenvalue weighted by Gasteiger charge is 2.14. The van der Waals surface area contributed by atoms with Crippen LogP contribution in [0.1, 0.15) is 17.5 Å². The topological polar surface area (TPSA) is 64.6 Å². The van der Waals surface area contributed by atoms with Crippen molar-refractivity contribution in [1.29, 1.82) is 0 Å². The van der Waals surface area contributed by atoms with Crippen molar-refractivity contribution in [3.8, 4) is 5.75 Å². The van der Waals surface area contributed by atoms with Crippen molar-refractivity contribution in [1.82, 2.24) is 0 Å². The fraction of sp³-hybridized carbons (Fsp3) is 0.263. The number of hydrogen-bond acceptors (Lipinski definition) is 4. The molecule has 2 rings (SSSR count). The van der Waals surface area contributed by atoms with Crippen LogP contribution in [0.2, 0.25) is 10.0 Å². The van der Waals surface area contributed by atoms with E-state index < -0.39 is 18.5 Å². The molecule has 0 aliphatic carbocycles. The van der Waals surface area contributed by atoms with Gasteiger partial charge in [0.15, 0.2) is 6.61 Å². The molecule has 0 saturated heterocycles. The lowest BCUT2D eigenvalue weighted by Gasteiger charge is -2.11. The largest absolute Gasteiger partial charge is 0.496 e. The smallest absolute Gasteiger partial charge is 0.306 e. The monoisotopic (exact) mass is 395 g/mol. The van der Waals surface area contributed by atoms with E-state index in [0.717, 1.165) is 11.1 Å². The standard InChI is InChI=1S/C19H19Cl2NO4/c1-12-7-9-14(20)19(18(12)21)22-16(23)11-26-17(24)10-8-13-5-3-4-6-15(13)25-2/h3-7,9H,8,10-11H2,1-2H3,(H,22,23). The minimum Gasteiger partial charge on any atom is -0.496 e. The van der Waals surface area contributed by atoms with Crippen molar-refractivity contribution in [3.05, 3.63) is 57.6 Å². The van der Waals surface area contributed by atoms with Crippen LogP contribution in [0.15, 0.2) is 36.4 Å². The molecule has 7 heteroatoms. The first kappa shape index (κ1) is 20.1. The number of hydrogen-bond donors (Lipinski definition) is 1. The first-order valence-corrected chi connectivity index (χ1v) is 8.70. The zero-order chi connectivity index (χ0) is 19.1. The van der Waals surface area contributed by atoms with Gasteiger partial charge in [-0.3, -0.25) is 9.59 Å². The van der Waals surface area contributed by atoms with Crippen LogP contribution in [0.5, 0.6) is 5.75 Å². The Balaban J connectivity index is 1.84. The second kappa shape index (κ2) is 9.46. The van der Waals surface area contributed by atoms with Gasteiger partial charge in [0.25, 0.3) is 5.91 Å². The average Bonchev–Trinajstić information content (AvgIpc) is 2.65. The molecular weight excluding hydrogens is 377 g/mol. The Morgan fingerprint density at radius 1 is 1.12 bits per heavy atom. The summed E-state index contributed by atoms with van der Waals surface area (Å²) in [6, 6.07) is 10.8. The van der Waals surface area contributed by atoms with Crippen molar-refractivity contribution in [2.24, 2.45) is 0 Å². The van der Waals surface area contributed by atoms with Crippen molar-refractivity contribution in [2.45, 2.75) is 19.8 Å². The SMILES string of the molecule is COc1ccccc1CCC(=O)OCC(=O)Nc1c(Cl)ccc(C)c1Cl. The summed E-state index contributed by atoms with van der Waals surface area (Å²) in [7, 11) is 1.57. The lowest BCUT2D eigenvalue weighted by Crippen LogP contribution is -2.21. The Hall–Kier alpha value is -2.24. The molecule has 1 amide bonds. The van der Waals surface area contributed by atoms with Gasteiger partial charge in [-0.2, -0.15) is 0 Å². The number of anilines is 1. The van der Waals surface area contributed by atoms with Crippen LogP contribution in [-0.4, -0.2) is 25.6 Å². The predicted molar refractivity (Wildman–Crippen MR) is 102 cm³/mol. The third-order valence-electron chi connectivity index (χ3n) is 3.70. The van der Waals surface area contributed by atoms with Crippen molar-refractivity contribution in [2.75, 3.05) is 19.0 Å². The summed E-state index contributed by atoms with van der Waals surface area (Å²) in [6.07, 6.45) is 0.597. The summed E-state index contributed by atoms with van der Waals surface area (Å²) in [5.41, 5.74) is 1.98. The molecule has 0 aliphatic heterocycles. The van der Waals surface area contributed by atoms with Crippen molar-refractivity contribution >= 4 is 40.8 Å². The average molecular weight is 396 g/mol. The maximum Gasteiger partial charge on any atom is 0.306 e. The highest BCUT2D eigenvalue weighted by atomic mass is 35.5. The number of esters is 1. The van der Waals surface area contributed by atoms with Crippen LogP contribution in [0.25, 0.3) is 0 Å². The molecule has 0 aliphatic rings. The molecule has 2 aromatic rings. The number of para-hydroxylation sites is 1. The van der Waals surface area contributed by atoms with E-state index in [4.69, 9.17) is 32.7 Å². The number of rotatable bonds is 7. The second-order valence-corrected chi connectivity index (χ2v) is 6.36. The predicted octanol–water partition coefficient (Wildman–Crippen LogP) is 4.42. The van der Waals surface area contributed by atoms with Crippen LogP contribution < -0.4 is 10.1 Å². The molecule has 0 bridgehead atoms. The number of ether oxygens (including phenoxy) is 2. The van der Waals surface area contributed by atoms with E-state index in [1.807, 2.05) is 24.3 Å². The van der Waals surface area contributed by atoms with E-state index in [9.17, 15) is 9.59 Å². The third kappa shape index (κ3) is 5.38. The summed E-state index contributed by atoms with van der Waals surface area (Å²) < 4.78 is 10.2. The Morgan fingerprint density at radius 3 is 2.58 bits per heavy atom. The quantitative estimate of drug-likeness (QED) is 0.704. The molecule has 0 spiro atoms. The number of amides is 1. The molecule has 2 aromatic carbocycles. The molecule has 5 nitrogen and oxygen atoms in total. The number of carbonyl (C=O) groups excluding carboxylic acids is 2. The van der Waals surface area contributed by atoms with Crippen LogP contribution >= 0.6 is 23.2 Å². The Kier molecular flexibility index (Phi) is 7.30. The molecular formula is C19H19Cl2NO4. The minimum atomic E-state index is -0.509. The highest BCUT2D eigenvalue weighted by Crippen LogP contribution is 2.32. The fourth-order valence-corrected chi connectivity index (χ4v) is 2.78. The zero-order valence-corrected chi connectivity index (χ0v) is 16.0. The number of nitrogens with one attached hydrogen (secondary N) is 1. The number of halogens is 2. The lowest BCUT2D eigenvalue weighted by atomic mass is 10.1. The molecule has 0 atom stereocenters. The van der Waals surface area contributed by atoms with Gasteiger partial charge in [-0.1, -0.05) is 47.5 Å². The first-order valence-electron chi connectivity index (χ1n) is 7.94. The zero-order valence-electron chi connectivity index (χ0n) is 14.5. The summed E-state index contributed by atoms with van der Waals surface area (Å²) in [6.45, 7) is 1.39. The highest BCUT2D eigenvalue weighted by molar-refractivity contribution is 6.40. The van der Waals surface area contributed by atoms with E-state index in [1.165, 1.54) is 0 Å². The number of benzene rings is 2. The molecule has 0 heterocycles. The molecule has 0 aromatic heterocycles. The first-order chi connectivity index (χ1) is 12.4. The molecule has 0 saturated carbocycles. The third-order valence-corrected chi connectivity index (χ3v) is 4.51. The van der Waals surface area contributed by atoms with E-state index in [0.29, 0.717) is 27.9 Å². The van der Waals surface area contributed by atoms with Crippen molar-refractivity contribution < 1.29 is 19.1 Å². The van der Waals surface area contributed by atoms with Gasteiger partial charge >= 0.3 is 5.97 Å². The van der Waals surface area contributed by atoms with Gasteiger partial charge in [0.05, 0.1) is 22.8 Å². The van der Waals surface area contributed by atoms with E-state index in [1.54, 1.807) is 26.2 Å². The lowest BCUT2D eigenvalue weighted by molar-refractivity contribution is -0.147. The molecule has 0 radical (unpaired) electrons. The molecule has 0 fully saturated rings. The Bertz CT molecular complexity index is 808. The van der Waals surface area contributed by atoms with E-state index >= 15 is 0 Å². The second-order valence-electron chi connectivity index (χ2n) is 5.57. The van der Waals surface area contributed by atoms with Gasteiger partial charge in [-0.05, 0) is 36.6 Å². The molecule has 138 valence electrons. The molecule has 26 heavy (non-hydrogen) atoms. The van der Waals surface area contributed by atoms with Gasteiger partial charge in [0.1, 0.15) is 5.75 Å². The molecule has 0 unspecified atom stereocenters. The maximum atomic E-state index is 12.0. The van der Waals surface area contributed by atoms with E-state index in [2.05, 4.69) is 5.32 Å². The molecule has 1 N–H and O–H groups in total. The Labute approximate surface area is 162 Å².